The Labute approximate surface area is 208 Å². The summed E-state index contributed by atoms with van der Waals surface area (Å²) in [5.41, 5.74) is 7.29. The van der Waals surface area contributed by atoms with Gasteiger partial charge in [0.2, 0.25) is 0 Å². The van der Waals surface area contributed by atoms with Gasteiger partial charge in [0.05, 0.1) is 5.56 Å². The number of rotatable bonds is 6. The summed E-state index contributed by atoms with van der Waals surface area (Å²) in [6.45, 7) is 0.117. The zero-order chi connectivity index (χ0) is 26.2. The highest BCUT2D eigenvalue weighted by molar-refractivity contribution is 6.09. The maximum absolute atomic E-state index is 13.1. The van der Waals surface area contributed by atoms with Crippen LogP contribution in [0.3, 0.4) is 0 Å². The molecule has 1 fully saturated rings. The summed E-state index contributed by atoms with van der Waals surface area (Å²) >= 11 is 0. The first-order valence-electron chi connectivity index (χ1n) is 11.4. The zero-order valence-electron chi connectivity index (χ0n) is 19.3. The van der Waals surface area contributed by atoms with Crippen molar-refractivity contribution in [3.05, 3.63) is 83.6 Å². The lowest BCUT2D eigenvalue weighted by molar-refractivity contribution is -0.137. The van der Waals surface area contributed by atoms with Crippen molar-refractivity contribution in [1.82, 2.24) is 19.7 Å². The third-order valence-electron chi connectivity index (χ3n) is 5.88. The van der Waals surface area contributed by atoms with E-state index in [1.165, 1.54) is 12.1 Å². The number of amides is 3. The highest BCUT2D eigenvalue weighted by atomic mass is 19.4. The number of carbonyl (C=O) groups excluding carboxylic acids is 2. The quantitative estimate of drug-likeness (QED) is 0.298. The molecular weight excluding hydrogens is 487 g/mol. The number of alkyl halides is 3. The summed E-state index contributed by atoms with van der Waals surface area (Å²) in [6.07, 6.45) is 0.871. The van der Waals surface area contributed by atoms with Crippen LogP contribution in [-0.2, 0) is 12.7 Å². The number of nitrogens with one attached hydrogen (secondary N) is 3. The SMILES string of the molecule is Nc1nccn2c(C3CC3)nc(C(=O)Nc3cccc(CNC(=O)Nc4ccc(C(F)(F)F)cc4)c3)c12. The molecule has 0 atom stereocenters. The van der Waals surface area contributed by atoms with Crippen LogP contribution in [0.15, 0.2) is 60.9 Å². The number of anilines is 3. The van der Waals surface area contributed by atoms with E-state index in [1.807, 2.05) is 4.40 Å². The summed E-state index contributed by atoms with van der Waals surface area (Å²) in [5.74, 6) is 0.851. The van der Waals surface area contributed by atoms with Crippen LogP contribution < -0.4 is 21.7 Å². The minimum atomic E-state index is -4.45. The normalized spacial score (nSPS) is 13.4. The molecule has 190 valence electrons. The summed E-state index contributed by atoms with van der Waals surface area (Å²) in [7, 11) is 0. The molecule has 3 amide bonds. The van der Waals surface area contributed by atoms with Crippen LogP contribution in [0.4, 0.5) is 35.2 Å². The van der Waals surface area contributed by atoms with E-state index in [-0.39, 0.29) is 23.7 Å². The summed E-state index contributed by atoms with van der Waals surface area (Å²) in [6, 6.07) is 10.4. The summed E-state index contributed by atoms with van der Waals surface area (Å²) in [4.78, 5) is 33.9. The number of carbonyl (C=O) groups is 2. The number of nitrogens with two attached hydrogens (primary N) is 1. The fourth-order valence-electron chi connectivity index (χ4n) is 3.92. The number of benzene rings is 2. The molecule has 2 heterocycles. The monoisotopic (exact) mass is 509 g/mol. The van der Waals surface area contributed by atoms with Gasteiger partial charge in [0, 0.05) is 36.2 Å². The van der Waals surface area contributed by atoms with E-state index in [0.717, 1.165) is 30.8 Å². The number of hydrogen-bond acceptors (Lipinski definition) is 5. The van der Waals surface area contributed by atoms with E-state index in [2.05, 4.69) is 25.9 Å². The molecule has 37 heavy (non-hydrogen) atoms. The standard InChI is InChI=1S/C25H22F3N7O2/c26-25(27,28)16-6-8-17(9-7-16)33-24(37)31-13-14-2-1-3-18(12-14)32-23(36)19-20-21(29)30-10-11-35(20)22(34-19)15-4-5-15/h1-3,6-12,15H,4-5,13H2,(H2,29,30)(H,32,36)(H2,31,33,37). The number of fused-ring (bicyclic) bond motifs is 1. The van der Waals surface area contributed by atoms with Gasteiger partial charge in [-0.2, -0.15) is 13.2 Å². The maximum Gasteiger partial charge on any atom is 0.416 e. The summed E-state index contributed by atoms with van der Waals surface area (Å²) in [5, 5.41) is 7.93. The molecule has 9 nitrogen and oxygen atoms in total. The molecule has 4 aromatic rings. The van der Waals surface area contributed by atoms with Crippen molar-refractivity contribution in [3.8, 4) is 0 Å². The Bertz CT molecular complexity index is 1480. The molecule has 2 aromatic carbocycles. The van der Waals surface area contributed by atoms with Gasteiger partial charge in [-0.25, -0.2) is 14.8 Å². The Balaban J connectivity index is 1.23. The van der Waals surface area contributed by atoms with Crippen molar-refractivity contribution >= 4 is 34.6 Å². The van der Waals surface area contributed by atoms with Crippen LogP contribution in [0.5, 0.6) is 0 Å². The molecule has 5 N–H and O–H groups in total. The molecule has 0 bridgehead atoms. The molecule has 1 aliphatic rings. The summed E-state index contributed by atoms with van der Waals surface area (Å²) < 4.78 is 39.9. The number of aromatic nitrogens is 3. The minimum Gasteiger partial charge on any atom is -0.382 e. The highest BCUT2D eigenvalue weighted by Gasteiger charge is 2.32. The lowest BCUT2D eigenvalue weighted by atomic mass is 10.2. The largest absolute Gasteiger partial charge is 0.416 e. The zero-order valence-corrected chi connectivity index (χ0v) is 19.3. The van der Waals surface area contributed by atoms with Crippen LogP contribution in [0.25, 0.3) is 5.52 Å². The van der Waals surface area contributed by atoms with Crippen LogP contribution >= 0.6 is 0 Å². The van der Waals surface area contributed by atoms with Gasteiger partial charge in [0.1, 0.15) is 17.2 Å². The molecule has 0 aliphatic heterocycles. The lowest BCUT2D eigenvalue weighted by Gasteiger charge is -2.11. The first-order chi connectivity index (χ1) is 17.7. The number of halogens is 3. The Kier molecular flexibility index (Phi) is 6.15. The molecule has 0 unspecified atom stereocenters. The smallest absolute Gasteiger partial charge is 0.382 e. The number of imidazole rings is 1. The number of nitrogens with zero attached hydrogens (tertiary/aromatic N) is 3. The van der Waals surface area contributed by atoms with Crippen molar-refractivity contribution in [2.75, 3.05) is 16.4 Å². The van der Waals surface area contributed by atoms with Crippen molar-refractivity contribution < 1.29 is 22.8 Å². The minimum absolute atomic E-state index is 0.117. The van der Waals surface area contributed by atoms with Gasteiger partial charge in [0.25, 0.3) is 5.91 Å². The molecule has 1 aliphatic carbocycles. The van der Waals surface area contributed by atoms with Crippen molar-refractivity contribution in [2.45, 2.75) is 31.5 Å². The lowest BCUT2D eigenvalue weighted by Crippen LogP contribution is -2.28. The van der Waals surface area contributed by atoms with Crippen LogP contribution in [0.2, 0.25) is 0 Å². The van der Waals surface area contributed by atoms with E-state index in [4.69, 9.17) is 5.73 Å². The average molecular weight is 509 g/mol. The van der Waals surface area contributed by atoms with Crippen molar-refractivity contribution in [2.24, 2.45) is 0 Å². The van der Waals surface area contributed by atoms with Crippen LogP contribution in [-0.4, -0.2) is 26.3 Å². The third kappa shape index (κ3) is 5.32. The Morgan fingerprint density at radius 2 is 1.81 bits per heavy atom. The van der Waals surface area contributed by atoms with Gasteiger partial charge >= 0.3 is 12.2 Å². The van der Waals surface area contributed by atoms with Crippen molar-refractivity contribution in [1.29, 1.82) is 0 Å². The highest BCUT2D eigenvalue weighted by Crippen LogP contribution is 2.40. The van der Waals surface area contributed by atoms with E-state index >= 15 is 0 Å². The maximum atomic E-state index is 13.1. The number of nitrogen functional groups attached to an aromatic ring is 1. The van der Waals surface area contributed by atoms with Crippen molar-refractivity contribution in [3.63, 3.8) is 0 Å². The van der Waals surface area contributed by atoms with Crippen LogP contribution in [0, 0.1) is 0 Å². The molecule has 0 saturated heterocycles. The molecule has 0 spiro atoms. The number of urea groups is 1. The molecular formula is C25H22F3N7O2. The van der Waals surface area contributed by atoms with E-state index < -0.39 is 23.7 Å². The molecule has 1 saturated carbocycles. The fourth-order valence-corrected chi connectivity index (χ4v) is 3.92. The van der Waals surface area contributed by atoms with E-state index in [1.54, 1.807) is 36.7 Å². The van der Waals surface area contributed by atoms with Gasteiger partial charge in [-0.05, 0) is 54.8 Å². The van der Waals surface area contributed by atoms with Gasteiger partial charge in [-0.3, -0.25) is 9.20 Å². The Hall–Kier alpha value is -4.61. The molecule has 5 rings (SSSR count). The Morgan fingerprint density at radius 3 is 2.51 bits per heavy atom. The van der Waals surface area contributed by atoms with Gasteiger partial charge in [-0.1, -0.05) is 12.1 Å². The third-order valence-corrected chi connectivity index (χ3v) is 5.88. The predicted molar refractivity (Wildman–Crippen MR) is 131 cm³/mol. The first kappa shape index (κ1) is 24.1. The second kappa shape index (κ2) is 9.45. The van der Waals surface area contributed by atoms with Gasteiger partial charge in [0.15, 0.2) is 5.69 Å². The van der Waals surface area contributed by atoms with E-state index in [9.17, 15) is 22.8 Å². The van der Waals surface area contributed by atoms with Crippen LogP contribution in [0.1, 0.15) is 46.2 Å². The first-order valence-corrected chi connectivity index (χ1v) is 11.4. The predicted octanol–water partition coefficient (Wildman–Crippen LogP) is 4.78. The second-order valence-electron chi connectivity index (χ2n) is 8.66. The Morgan fingerprint density at radius 1 is 1.05 bits per heavy atom. The molecule has 0 radical (unpaired) electrons. The van der Waals surface area contributed by atoms with Gasteiger partial charge in [-0.15, -0.1) is 0 Å². The fraction of sp³-hybridized carbons (Fsp3) is 0.200. The number of hydrogen-bond donors (Lipinski definition) is 4. The van der Waals surface area contributed by atoms with Gasteiger partial charge < -0.3 is 21.7 Å². The topological polar surface area (TPSA) is 126 Å². The second-order valence-corrected chi connectivity index (χ2v) is 8.66. The molecule has 2 aromatic heterocycles. The molecule has 12 heteroatoms. The van der Waals surface area contributed by atoms with E-state index in [0.29, 0.717) is 22.7 Å². The average Bonchev–Trinajstić information content (AvgIpc) is 3.62.